The van der Waals surface area contributed by atoms with Gasteiger partial charge in [0.2, 0.25) is 0 Å². The number of hydrogen-bond donors (Lipinski definition) is 2. The van der Waals surface area contributed by atoms with E-state index < -0.39 is 11.8 Å². The Bertz CT molecular complexity index is 521. The molecule has 14 heavy (non-hydrogen) atoms. The highest BCUT2D eigenvalue weighted by molar-refractivity contribution is 7.17. The first-order valence-corrected chi connectivity index (χ1v) is 4.67. The minimum absolute atomic E-state index is 0.0499. The Labute approximate surface area is 82.6 Å². The van der Waals surface area contributed by atoms with Crippen molar-refractivity contribution in [3.05, 3.63) is 28.9 Å². The molecule has 0 unspecified atom stereocenters. The second-order valence-corrected chi connectivity index (χ2v) is 3.71. The highest BCUT2D eigenvalue weighted by atomic mass is 32.1. The summed E-state index contributed by atoms with van der Waals surface area (Å²) < 4.78 is 13.8. The average Bonchev–Trinajstić information content (AvgIpc) is 2.59. The molecule has 1 heterocycles. The third-order valence-corrected chi connectivity index (χ3v) is 2.88. The monoisotopic (exact) mass is 211 g/mol. The highest BCUT2D eigenvalue weighted by Gasteiger charge is 2.15. The maximum Gasteiger partial charge on any atom is 0.337 e. The lowest BCUT2D eigenvalue weighted by molar-refractivity contribution is 0.0699. The van der Waals surface area contributed by atoms with E-state index in [1.165, 1.54) is 17.4 Å². The quantitative estimate of drug-likeness (QED) is 0.711. The zero-order valence-electron chi connectivity index (χ0n) is 6.95. The Balaban J connectivity index is 2.91. The molecule has 2 aromatic rings. The van der Waals surface area contributed by atoms with Crippen molar-refractivity contribution >= 4 is 33.1 Å². The molecule has 3 N–H and O–H groups in total. The normalized spacial score (nSPS) is 10.6. The Morgan fingerprint density at radius 3 is 2.93 bits per heavy atom. The molecule has 0 aliphatic carbocycles. The van der Waals surface area contributed by atoms with Gasteiger partial charge in [0.15, 0.2) is 5.82 Å². The highest BCUT2D eigenvalue weighted by Crippen LogP contribution is 2.30. The van der Waals surface area contributed by atoms with Gasteiger partial charge < -0.3 is 10.8 Å². The second-order valence-electron chi connectivity index (χ2n) is 2.80. The van der Waals surface area contributed by atoms with Gasteiger partial charge in [-0.3, -0.25) is 0 Å². The van der Waals surface area contributed by atoms with Crippen LogP contribution in [0.1, 0.15) is 10.4 Å². The number of nitrogens with two attached hydrogens (primary N) is 1. The molecule has 1 aromatic heterocycles. The van der Waals surface area contributed by atoms with Gasteiger partial charge in [-0.05, 0) is 17.5 Å². The van der Waals surface area contributed by atoms with Crippen molar-refractivity contribution in [2.24, 2.45) is 0 Å². The van der Waals surface area contributed by atoms with Crippen LogP contribution in [0.4, 0.5) is 10.1 Å². The van der Waals surface area contributed by atoms with E-state index in [1.807, 2.05) is 0 Å². The number of aromatic carboxylic acids is 1. The number of carboxylic acids is 1. The van der Waals surface area contributed by atoms with E-state index in [0.717, 1.165) is 6.07 Å². The third kappa shape index (κ3) is 1.13. The predicted molar refractivity (Wildman–Crippen MR) is 53.2 cm³/mol. The van der Waals surface area contributed by atoms with E-state index in [-0.39, 0.29) is 16.6 Å². The Morgan fingerprint density at radius 1 is 1.57 bits per heavy atom. The molecule has 1 aromatic carbocycles. The molecule has 0 fully saturated rings. The molecule has 72 valence electrons. The van der Waals surface area contributed by atoms with Crippen LogP contribution in [0.2, 0.25) is 0 Å². The summed E-state index contributed by atoms with van der Waals surface area (Å²) in [5.74, 6) is -1.64. The van der Waals surface area contributed by atoms with Crippen LogP contribution in [-0.2, 0) is 0 Å². The SMILES string of the molecule is Nc1cc(C(=O)O)c2sccc2c1F. The Hall–Kier alpha value is -1.62. The number of thiophene rings is 1. The van der Waals surface area contributed by atoms with E-state index in [2.05, 4.69) is 0 Å². The number of anilines is 1. The maximum atomic E-state index is 13.4. The van der Waals surface area contributed by atoms with Crippen molar-refractivity contribution in [1.29, 1.82) is 0 Å². The van der Waals surface area contributed by atoms with Crippen molar-refractivity contribution in [2.75, 3.05) is 5.73 Å². The fourth-order valence-electron chi connectivity index (χ4n) is 1.29. The summed E-state index contributed by atoms with van der Waals surface area (Å²) in [5, 5.41) is 10.8. The topological polar surface area (TPSA) is 63.3 Å². The molecule has 0 atom stereocenters. The molecule has 0 spiro atoms. The van der Waals surface area contributed by atoms with Crippen LogP contribution in [0.5, 0.6) is 0 Å². The van der Waals surface area contributed by atoms with Gasteiger partial charge in [0.05, 0.1) is 16.0 Å². The molecular weight excluding hydrogens is 205 g/mol. The smallest absolute Gasteiger partial charge is 0.337 e. The maximum absolute atomic E-state index is 13.4. The van der Waals surface area contributed by atoms with Crippen LogP contribution in [0.3, 0.4) is 0 Å². The van der Waals surface area contributed by atoms with Gasteiger partial charge in [0.25, 0.3) is 0 Å². The van der Waals surface area contributed by atoms with Crippen LogP contribution in [0.15, 0.2) is 17.5 Å². The molecule has 0 aliphatic rings. The molecule has 0 saturated heterocycles. The van der Waals surface area contributed by atoms with Gasteiger partial charge in [-0.2, -0.15) is 0 Å². The Kier molecular flexibility index (Phi) is 1.89. The zero-order chi connectivity index (χ0) is 10.3. The summed E-state index contributed by atoms with van der Waals surface area (Å²) >= 11 is 1.19. The first-order chi connectivity index (χ1) is 6.61. The van der Waals surface area contributed by atoms with Gasteiger partial charge in [0.1, 0.15) is 0 Å². The molecule has 0 amide bonds. The minimum Gasteiger partial charge on any atom is -0.478 e. The molecule has 0 aliphatic heterocycles. The summed E-state index contributed by atoms with van der Waals surface area (Å²) in [4.78, 5) is 10.8. The summed E-state index contributed by atoms with van der Waals surface area (Å²) in [5.41, 5.74) is 5.27. The zero-order valence-corrected chi connectivity index (χ0v) is 7.77. The molecule has 0 radical (unpaired) electrons. The summed E-state index contributed by atoms with van der Waals surface area (Å²) in [7, 11) is 0. The van der Waals surface area contributed by atoms with Crippen LogP contribution in [0.25, 0.3) is 10.1 Å². The minimum atomic E-state index is -1.09. The van der Waals surface area contributed by atoms with Crippen molar-refractivity contribution in [1.82, 2.24) is 0 Å². The van der Waals surface area contributed by atoms with Crippen LogP contribution in [-0.4, -0.2) is 11.1 Å². The standard InChI is InChI=1S/C9H6FNO2S/c10-7-4-1-2-14-8(4)5(9(12)13)3-6(7)11/h1-3H,11H2,(H,12,13). The number of fused-ring (bicyclic) bond motifs is 1. The average molecular weight is 211 g/mol. The van der Waals surface area contributed by atoms with Crippen LogP contribution in [0, 0.1) is 5.82 Å². The van der Waals surface area contributed by atoms with Gasteiger partial charge in [-0.1, -0.05) is 0 Å². The van der Waals surface area contributed by atoms with Crippen molar-refractivity contribution < 1.29 is 14.3 Å². The molecule has 0 saturated carbocycles. The van der Waals surface area contributed by atoms with E-state index in [1.54, 1.807) is 5.38 Å². The summed E-state index contributed by atoms with van der Waals surface area (Å²) in [6.45, 7) is 0. The number of halogens is 1. The lowest BCUT2D eigenvalue weighted by atomic mass is 10.1. The summed E-state index contributed by atoms with van der Waals surface area (Å²) in [6.07, 6.45) is 0. The number of hydrogen-bond acceptors (Lipinski definition) is 3. The van der Waals surface area contributed by atoms with Crippen molar-refractivity contribution in [3.63, 3.8) is 0 Å². The number of nitrogen functional groups attached to an aromatic ring is 1. The van der Waals surface area contributed by atoms with Crippen molar-refractivity contribution in [3.8, 4) is 0 Å². The number of carbonyl (C=O) groups is 1. The lowest BCUT2D eigenvalue weighted by Gasteiger charge is -2.01. The second kappa shape index (κ2) is 2.95. The van der Waals surface area contributed by atoms with Gasteiger partial charge >= 0.3 is 5.97 Å². The first kappa shape index (κ1) is 8.96. The largest absolute Gasteiger partial charge is 0.478 e. The summed E-state index contributed by atoms with van der Waals surface area (Å²) in [6, 6.07) is 2.68. The number of benzene rings is 1. The van der Waals surface area contributed by atoms with Gasteiger partial charge in [-0.25, -0.2) is 9.18 Å². The molecule has 0 bridgehead atoms. The first-order valence-electron chi connectivity index (χ1n) is 3.79. The van der Waals surface area contributed by atoms with Crippen LogP contribution < -0.4 is 5.73 Å². The third-order valence-electron chi connectivity index (χ3n) is 1.93. The lowest BCUT2D eigenvalue weighted by Crippen LogP contribution is -2.00. The predicted octanol–water partition coefficient (Wildman–Crippen LogP) is 2.32. The molecular formula is C9H6FNO2S. The molecule has 5 heteroatoms. The molecule has 3 nitrogen and oxygen atoms in total. The van der Waals surface area contributed by atoms with Gasteiger partial charge in [-0.15, -0.1) is 11.3 Å². The van der Waals surface area contributed by atoms with E-state index in [9.17, 15) is 9.18 Å². The van der Waals surface area contributed by atoms with E-state index >= 15 is 0 Å². The Morgan fingerprint density at radius 2 is 2.29 bits per heavy atom. The van der Waals surface area contributed by atoms with E-state index in [0.29, 0.717) is 4.70 Å². The molecule has 2 rings (SSSR count). The number of rotatable bonds is 1. The fourth-order valence-corrected chi connectivity index (χ4v) is 2.19. The van der Waals surface area contributed by atoms with Gasteiger partial charge in [0, 0.05) is 5.39 Å². The number of carboxylic acid groups (broad SMARTS) is 1. The van der Waals surface area contributed by atoms with E-state index in [4.69, 9.17) is 10.8 Å². The van der Waals surface area contributed by atoms with Crippen molar-refractivity contribution in [2.45, 2.75) is 0 Å². The fraction of sp³-hybridized carbons (Fsp3) is 0. The van der Waals surface area contributed by atoms with Crippen LogP contribution >= 0.6 is 11.3 Å².